The van der Waals surface area contributed by atoms with Crippen molar-refractivity contribution in [1.29, 1.82) is 0 Å². The number of ether oxygens (including phenoxy) is 1. The molecule has 1 N–H and O–H groups in total. The Kier molecular flexibility index (Phi) is 3.60. The number of nitrogens with one attached hydrogen (secondary N) is 1. The Bertz CT molecular complexity index is 625. The van der Waals surface area contributed by atoms with E-state index in [9.17, 15) is 9.59 Å². The lowest BCUT2D eigenvalue weighted by atomic mass is 9.96. The maximum atomic E-state index is 12.6. The fraction of sp³-hybridized carbons (Fsp3) is 0.688. The molecule has 1 aromatic heterocycles. The Morgan fingerprint density at radius 2 is 2.22 bits per heavy atom. The molecule has 1 aliphatic carbocycles. The molecule has 23 heavy (non-hydrogen) atoms. The molecule has 1 aromatic rings. The van der Waals surface area contributed by atoms with Crippen LogP contribution in [-0.2, 0) is 21.4 Å². The van der Waals surface area contributed by atoms with Gasteiger partial charge in [-0.1, -0.05) is 0 Å². The van der Waals surface area contributed by atoms with Crippen molar-refractivity contribution in [2.45, 2.75) is 43.9 Å². The van der Waals surface area contributed by atoms with Gasteiger partial charge in [-0.25, -0.2) is 0 Å². The van der Waals surface area contributed by atoms with Gasteiger partial charge in [-0.05, 0) is 19.3 Å². The Morgan fingerprint density at radius 1 is 1.39 bits per heavy atom. The standard InChI is InChI=1S/C16H22N4O3/c1-19-8-10(7-17-19)15-13(4-5-23-15)16(22)18-11-6-14(21)20(9-11)12-2-3-12/h7-8,11-13,15H,2-6,9H2,1H3,(H,18,22)/t11-,13-,15+/m0/s1. The van der Waals surface area contributed by atoms with Crippen LogP contribution in [-0.4, -0.2) is 51.7 Å². The number of amides is 2. The Labute approximate surface area is 135 Å². The number of aryl methyl sites for hydroxylation is 1. The average Bonchev–Trinajstić information content (AvgIpc) is 2.93. The Balaban J connectivity index is 1.39. The maximum absolute atomic E-state index is 12.6. The predicted molar refractivity (Wildman–Crippen MR) is 81.3 cm³/mol. The molecule has 3 atom stereocenters. The summed E-state index contributed by atoms with van der Waals surface area (Å²) in [4.78, 5) is 26.6. The summed E-state index contributed by atoms with van der Waals surface area (Å²) in [6.07, 6.45) is 6.75. The normalized spacial score (nSPS) is 30.9. The lowest BCUT2D eigenvalue weighted by Gasteiger charge is -2.20. The number of carbonyl (C=O) groups excluding carboxylic acids is 2. The lowest BCUT2D eigenvalue weighted by molar-refractivity contribution is -0.128. The van der Waals surface area contributed by atoms with Gasteiger partial charge in [0.2, 0.25) is 11.8 Å². The van der Waals surface area contributed by atoms with Gasteiger partial charge in [-0.3, -0.25) is 14.3 Å². The highest BCUT2D eigenvalue weighted by Gasteiger charge is 2.42. The number of nitrogens with zero attached hydrogens (tertiary/aromatic N) is 3. The molecule has 0 bridgehead atoms. The summed E-state index contributed by atoms with van der Waals surface area (Å²) < 4.78 is 7.47. The van der Waals surface area contributed by atoms with Gasteiger partial charge in [0.15, 0.2) is 0 Å². The molecule has 124 valence electrons. The van der Waals surface area contributed by atoms with Crippen LogP contribution in [0.2, 0.25) is 0 Å². The highest BCUT2D eigenvalue weighted by molar-refractivity contribution is 5.84. The van der Waals surface area contributed by atoms with Gasteiger partial charge < -0.3 is 15.0 Å². The van der Waals surface area contributed by atoms with E-state index in [4.69, 9.17) is 4.74 Å². The third-order valence-corrected chi connectivity index (χ3v) is 4.97. The molecule has 7 heteroatoms. The van der Waals surface area contributed by atoms with Crippen LogP contribution < -0.4 is 5.32 Å². The second-order valence-corrected chi connectivity index (χ2v) is 6.82. The van der Waals surface area contributed by atoms with Gasteiger partial charge in [0.05, 0.1) is 24.3 Å². The molecule has 3 fully saturated rings. The largest absolute Gasteiger partial charge is 0.373 e. The molecule has 7 nitrogen and oxygen atoms in total. The van der Waals surface area contributed by atoms with Gasteiger partial charge in [0.25, 0.3) is 0 Å². The van der Waals surface area contributed by atoms with E-state index in [2.05, 4.69) is 10.4 Å². The SMILES string of the molecule is Cn1cc([C@H]2OCC[C@@H]2C(=O)N[C@H]2CC(=O)N(C3CC3)C2)cn1. The molecule has 3 aliphatic rings. The summed E-state index contributed by atoms with van der Waals surface area (Å²) >= 11 is 0. The van der Waals surface area contributed by atoms with Crippen molar-refractivity contribution in [2.75, 3.05) is 13.2 Å². The van der Waals surface area contributed by atoms with Gasteiger partial charge in [-0.15, -0.1) is 0 Å². The predicted octanol–water partition coefficient (Wildman–Crippen LogP) is 0.377. The van der Waals surface area contributed by atoms with Crippen molar-refractivity contribution >= 4 is 11.8 Å². The van der Waals surface area contributed by atoms with Crippen molar-refractivity contribution in [3.8, 4) is 0 Å². The molecule has 2 amide bonds. The van der Waals surface area contributed by atoms with E-state index in [0.717, 1.165) is 18.4 Å². The first-order valence-electron chi connectivity index (χ1n) is 8.32. The van der Waals surface area contributed by atoms with Gasteiger partial charge in [0.1, 0.15) is 0 Å². The van der Waals surface area contributed by atoms with E-state index in [1.54, 1.807) is 10.9 Å². The Hall–Kier alpha value is -1.89. The number of rotatable bonds is 4. The van der Waals surface area contributed by atoms with Crippen LogP contribution in [0.15, 0.2) is 12.4 Å². The van der Waals surface area contributed by atoms with Crippen LogP contribution in [0.25, 0.3) is 0 Å². The molecule has 4 rings (SSSR count). The zero-order chi connectivity index (χ0) is 16.0. The minimum Gasteiger partial charge on any atom is -0.373 e. The highest BCUT2D eigenvalue weighted by Crippen LogP contribution is 2.35. The van der Waals surface area contributed by atoms with Crippen LogP contribution in [0.3, 0.4) is 0 Å². The van der Waals surface area contributed by atoms with Crippen LogP contribution in [0.1, 0.15) is 37.4 Å². The van der Waals surface area contributed by atoms with E-state index >= 15 is 0 Å². The van der Waals surface area contributed by atoms with Crippen molar-refractivity contribution in [3.05, 3.63) is 18.0 Å². The first-order valence-corrected chi connectivity index (χ1v) is 8.32. The van der Waals surface area contributed by atoms with E-state index in [0.29, 0.717) is 32.0 Å². The second-order valence-electron chi connectivity index (χ2n) is 6.82. The van der Waals surface area contributed by atoms with Crippen molar-refractivity contribution in [2.24, 2.45) is 13.0 Å². The molecule has 2 saturated heterocycles. The molecule has 0 aromatic carbocycles. The molecule has 2 aliphatic heterocycles. The first kappa shape index (κ1) is 14.7. The van der Waals surface area contributed by atoms with Crippen molar-refractivity contribution < 1.29 is 14.3 Å². The van der Waals surface area contributed by atoms with Crippen LogP contribution >= 0.6 is 0 Å². The minimum atomic E-state index is -0.236. The number of likely N-dealkylation sites (tertiary alicyclic amines) is 1. The zero-order valence-electron chi connectivity index (χ0n) is 13.3. The van der Waals surface area contributed by atoms with Crippen LogP contribution in [0.5, 0.6) is 0 Å². The smallest absolute Gasteiger partial charge is 0.226 e. The van der Waals surface area contributed by atoms with E-state index in [1.165, 1.54) is 0 Å². The van der Waals surface area contributed by atoms with E-state index in [1.807, 2.05) is 18.1 Å². The summed E-state index contributed by atoms with van der Waals surface area (Å²) in [5.41, 5.74) is 0.937. The van der Waals surface area contributed by atoms with Gasteiger partial charge in [-0.2, -0.15) is 5.10 Å². The van der Waals surface area contributed by atoms with E-state index in [-0.39, 0.29) is 29.9 Å². The molecular weight excluding hydrogens is 296 g/mol. The van der Waals surface area contributed by atoms with Crippen LogP contribution in [0, 0.1) is 5.92 Å². The Morgan fingerprint density at radius 3 is 2.91 bits per heavy atom. The number of carbonyl (C=O) groups is 2. The van der Waals surface area contributed by atoms with E-state index < -0.39 is 0 Å². The summed E-state index contributed by atoms with van der Waals surface area (Å²) in [7, 11) is 1.85. The van der Waals surface area contributed by atoms with Gasteiger partial charge >= 0.3 is 0 Å². The molecular formula is C16H22N4O3. The van der Waals surface area contributed by atoms with Crippen LogP contribution in [0.4, 0.5) is 0 Å². The maximum Gasteiger partial charge on any atom is 0.226 e. The van der Waals surface area contributed by atoms with Crippen molar-refractivity contribution in [1.82, 2.24) is 20.0 Å². The number of hydrogen-bond donors (Lipinski definition) is 1. The molecule has 0 spiro atoms. The third kappa shape index (κ3) is 2.85. The average molecular weight is 318 g/mol. The number of aromatic nitrogens is 2. The second kappa shape index (κ2) is 5.63. The lowest BCUT2D eigenvalue weighted by Crippen LogP contribution is -2.41. The summed E-state index contributed by atoms with van der Waals surface area (Å²) in [6, 6.07) is 0.355. The minimum absolute atomic E-state index is 0.00759. The fourth-order valence-corrected chi connectivity index (χ4v) is 3.65. The summed E-state index contributed by atoms with van der Waals surface area (Å²) in [5.74, 6) is -0.0413. The fourth-order valence-electron chi connectivity index (χ4n) is 3.65. The number of hydrogen-bond acceptors (Lipinski definition) is 4. The quantitative estimate of drug-likeness (QED) is 0.870. The highest BCUT2D eigenvalue weighted by atomic mass is 16.5. The molecule has 3 heterocycles. The van der Waals surface area contributed by atoms with Gasteiger partial charge in [0, 0.05) is 44.4 Å². The molecule has 0 radical (unpaired) electrons. The molecule has 1 saturated carbocycles. The summed E-state index contributed by atoms with van der Waals surface area (Å²) in [5, 5.41) is 7.22. The molecule has 0 unspecified atom stereocenters. The monoisotopic (exact) mass is 318 g/mol. The third-order valence-electron chi connectivity index (χ3n) is 4.97. The topological polar surface area (TPSA) is 76.5 Å². The van der Waals surface area contributed by atoms with Crippen molar-refractivity contribution in [3.63, 3.8) is 0 Å². The zero-order valence-corrected chi connectivity index (χ0v) is 13.3. The first-order chi connectivity index (χ1) is 11.1. The summed E-state index contributed by atoms with van der Waals surface area (Å²) in [6.45, 7) is 1.23.